The van der Waals surface area contributed by atoms with Crippen LogP contribution in [0.3, 0.4) is 0 Å². The zero-order chi connectivity index (χ0) is 16.5. The maximum absolute atomic E-state index is 13.2. The van der Waals surface area contributed by atoms with Crippen molar-refractivity contribution in [2.45, 2.75) is 51.5 Å². The second kappa shape index (κ2) is 6.59. The average Bonchev–Trinajstić information content (AvgIpc) is 3.03. The summed E-state index contributed by atoms with van der Waals surface area (Å²) < 4.78 is 0. The van der Waals surface area contributed by atoms with E-state index in [2.05, 4.69) is 19.9 Å². The Balaban J connectivity index is 1.61. The molecule has 126 valence electrons. The van der Waals surface area contributed by atoms with Crippen LogP contribution in [0.1, 0.15) is 53.9 Å². The highest BCUT2D eigenvalue weighted by molar-refractivity contribution is 7.17. The number of likely N-dealkylation sites (tertiary alicyclic amines) is 1. The van der Waals surface area contributed by atoms with Crippen molar-refractivity contribution in [2.75, 3.05) is 6.54 Å². The van der Waals surface area contributed by atoms with Gasteiger partial charge in [-0.25, -0.2) is 15.0 Å². The lowest BCUT2D eigenvalue weighted by Crippen LogP contribution is -2.49. The lowest BCUT2D eigenvalue weighted by Gasteiger charge is -2.44. The number of hydrogen-bond donors (Lipinski definition) is 0. The normalized spacial score (nSPS) is 23.8. The standard InChI is InChI=1S/C18H22N4OS/c1-12-15(24-17(21-12)16-19-9-5-10-20-16)18(23)22-11-4-7-13-6-2-3-8-14(13)22/h5,9-10,13-14H,2-4,6-8,11H2,1H3. The molecule has 0 bridgehead atoms. The van der Waals surface area contributed by atoms with E-state index >= 15 is 0 Å². The summed E-state index contributed by atoms with van der Waals surface area (Å²) >= 11 is 1.43. The van der Waals surface area contributed by atoms with E-state index in [-0.39, 0.29) is 5.91 Å². The second-order valence-electron chi connectivity index (χ2n) is 6.76. The van der Waals surface area contributed by atoms with E-state index in [1.54, 1.807) is 18.5 Å². The summed E-state index contributed by atoms with van der Waals surface area (Å²) in [5.41, 5.74) is 0.797. The minimum absolute atomic E-state index is 0.156. The van der Waals surface area contributed by atoms with Crippen molar-refractivity contribution in [1.29, 1.82) is 0 Å². The zero-order valence-corrected chi connectivity index (χ0v) is 14.8. The molecule has 24 heavy (non-hydrogen) atoms. The molecule has 6 heteroatoms. The van der Waals surface area contributed by atoms with E-state index in [9.17, 15) is 4.79 Å². The quantitative estimate of drug-likeness (QED) is 0.835. The summed E-state index contributed by atoms with van der Waals surface area (Å²) in [7, 11) is 0. The Hall–Kier alpha value is -1.82. The van der Waals surface area contributed by atoms with Crippen molar-refractivity contribution in [1.82, 2.24) is 19.9 Å². The molecule has 1 saturated heterocycles. The van der Waals surface area contributed by atoms with Gasteiger partial charge < -0.3 is 4.90 Å². The molecule has 3 heterocycles. The molecule has 2 atom stereocenters. The number of carbonyl (C=O) groups is 1. The molecule has 1 amide bonds. The molecular weight excluding hydrogens is 320 g/mol. The maximum Gasteiger partial charge on any atom is 0.266 e. The predicted octanol–water partition coefficient (Wildman–Crippen LogP) is 3.70. The molecule has 0 aromatic carbocycles. The Morgan fingerprint density at radius 2 is 1.92 bits per heavy atom. The number of hydrogen-bond acceptors (Lipinski definition) is 5. The van der Waals surface area contributed by atoms with Gasteiger partial charge in [-0.05, 0) is 44.6 Å². The molecule has 5 nitrogen and oxygen atoms in total. The molecular formula is C18H22N4OS. The fourth-order valence-electron chi connectivity index (χ4n) is 4.11. The van der Waals surface area contributed by atoms with Crippen molar-refractivity contribution in [3.8, 4) is 10.8 Å². The number of carbonyl (C=O) groups excluding carboxylic acids is 1. The van der Waals surface area contributed by atoms with Crippen molar-refractivity contribution in [3.05, 3.63) is 29.0 Å². The zero-order valence-electron chi connectivity index (χ0n) is 13.9. The van der Waals surface area contributed by atoms with E-state index in [0.717, 1.165) is 35.0 Å². The predicted molar refractivity (Wildman–Crippen MR) is 93.9 cm³/mol. The largest absolute Gasteiger partial charge is 0.335 e. The molecule has 2 aromatic heterocycles. The van der Waals surface area contributed by atoms with Gasteiger partial charge in [-0.15, -0.1) is 11.3 Å². The van der Waals surface area contributed by atoms with Crippen LogP contribution in [-0.2, 0) is 0 Å². The van der Waals surface area contributed by atoms with Crippen molar-refractivity contribution >= 4 is 17.2 Å². The SMILES string of the molecule is Cc1nc(-c2ncccn2)sc1C(=O)N1CCCC2CCCCC21. The van der Waals surface area contributed by atoms with Crippen LogP contribution in [0.15, 0.2) is 18.5 Å². The van der Waals surface area contributed by atoms with Crippen LogP contribution in [0, 0.1) is 12.8 Å². The van der Waals surface area contributed by atoms with Crippen LogP contribution < -0.4 is 0 Å². The highest BCUT2D eigenvalue weighted by Crippen LogP contribution is 2.37. The van der Waals surface area contributed by atoms with Gasteiger partial charge in [0.2, 0.25) is 0 Å². The average molecular weight is 342 g/mol. The number of aromatic nitrogens is 3. The first-order chi connectivity index (χ1) is 11.7. The van der Waals surface area contributed by atoms with Gasteiger partial charge in [0.1, 0.15) is 4.88 Å². The molecule has 2 unspecified atom stereocenters. The van der Waals surface area contributed by atoms with Gasteiger partial charge in [0.15, 0.2) is 10.8 Å². The first-order valence-corrected chi connectivity index (χ1v) is 9.61. The van der Waals surface area contributed by atoms with Gasteiger partial charge in [-0.3, -0.25) is 4.79 Å². The number of piperidine rings is 1. The van der Waals surface area contributed by atoms with E-state index in [0.29, 0.717) is 17.8 Å². The van der Waals surface area contributed by atoms with Gasteiger partial charge >= 0.3 is 0 Å². The van der Waals surface area contributed by atoms with Crippen molar-refractivity contribution in [2.24, 2.45) is 5.92 Å². The smallest absolute Gasteiger partial charge is 0.266 e. The molecule has 2 fully saturated rings. The monoisotopic (exact) mass is 342 g/mol. The van der Waals surface area contributed by atoms with E-state index < -0.39 is 0 Å². The summed E-state index contributed by atoms with van der Waals surface area (Å²) in [6.45, 7) is 2.80. The molecule has 4 rings (SSSR count). The molecule has 2 aromatic rings. The lowest BCUT2D eigenvalue weighted by atomic mass is 9.78. The number of nitrogens with zero attached hydrogens (tertiary/aromatic N) is 4. The Morgan fingerprint density at radius 3 is 2.75 bits per heavy atom. The molecule has 0 radical (unpaired) electrons. The molecule has 1 saturated carbocycles. The van der Waals surface area contributed by atoms with E-state index in [1.807, 2.05) is 6.92 Å². The summed E-state index contributed by atoms with van der Waals surface area (Å²) in [5, 5.41) is 0.730. The Morgan fingerprint density at radius 1 is 1.17 bits per heavy atom. The summed E-state index contributed by atoms with van der Waals surface area (Å²) in [6, 6.07) is 2.21. The fourth-order valence-corrected chi connectivity index (χ4v) is 5.08. The summed E-state index contributed by atoms with van der Waals surface area (Å²) in [5.74, 6) is 1.45. The number of amides is 1. The van der Waals surface area contributed by atoms with Crippen molar-refractivity contribution < 1.29 is 4.79 Å². The minimum Gasteiger partial charge on any atom is -0.335 e. The molecule has 0 spiro atoms. The van der Waals surface area contributed by atoms with E-state index in [4.69, 9.17) is 0 Å². The Labute approximate surface area is 146 Å². The van der Waals surface area contributed by atoms with Crippen LogP contribution in [0.2, 0.25) is 0 Å². The van der Waals surface area contributed by atoms with E-state index in [1.165, 1.54) is 37.0 Å². The van der Waals surface area contributed by atoms with Crippen LogP contribution in [0.5, 0.6) is 0 Å². The number of aryl methyl sites for hydroxylation is 1. The first kappa shape index (κ1) is 15.7. The lowest BCUT2D eigenvalue weighted by molar-refractivity contribution is 0.0394. The molecule has 2 aliphatic rings. The summed E-state index contributed by atoms with van der Waals surface area (Å²) in [4.78, 5) is 29.1. The minimum atomic E-state index is 0.156. The third-order valence-corrected chi connectivity index (χ3v) is 6.39. The molecule has 1 aliphatic carbocycles. The molecule has 0 N–H and O–H groups in total. The van der Waals surface area contributed by atoms with Gasteiger partial charge in [0, 0.05) is 25.0 Å². The number of thiazole rings is 1. The number of rotatable bonds is 2. The maximum atomic E-state index is 13.2. The highest BCUT2D eigenvalue weighted by atomic mass is 32.1. The molecule has 1 aliphatic heterocycles. The van der Waals surface area contributed by atoms with Gasteiger partial charge in [-0.2, -0.15) is 0 Å². The summed E-state index contributed by atoms with van der Waals surface area (Å²) in [6.07, 6.45) is 10.8. The van der Waals surface area contributed by atoms with Crippen LogP contribution in [0.4, 0.5) is 0 Å². The van der Waals surface area contributed by atoms with Gasteiger partial charge in [-0.1, -0.05) is 12.8 Å². The van der Waals surface area contributed by atoms with Gasteiger partial charge in [0.25, 0.3) is 5.91 Å². The van der Waals surface area contributed by atoms with Crippen molar-refractivity contribution in [3.63, 3.8) is 0 Å². The van der Waals surface area contributed by atoms with Crippen LogP contribution >= 0.6 is 11.3 Å². The third kappa shape index (κ3) is 2.83. The third-order valence-electron chi connectivity index (χ3n) is 5.25. The Kier molecular flexibility index (Phi) is 4.31. The topological polar surface area (TPSA) is 59.0 Å². The second-order valence-corrected chi connectivity index (χ2v) is 7.76. The number of fused-ring (bicyclic) bond motifs is 1. The Bertz CT molecular complexity index is 728. The van der Waals surface area contributed by atoms with Crippen LogP contribution in [-0.4, -0.2) is 38.3 Å². The highest BCUT2D eigenvalue weighted by Gasteiger charge is 2.37. The van der Waals surface area contributed by atoms with Crippen LogP contribution in [0.25, 0.3) is 10.8 Å². The first-order valence-electron chi connectivity index (χ1n) is 8.80. The fraction of sp³-hybridized carbons (Fsp3) is 0.556. The van der Waals surface area contributed by atoms with Gasteiger partial charge in [0.05, 0.1) is 5.69 Å².